The van der Waals surface area contributed by atoms with Crippen LogP contribution in [0.5, 0.6) is 11.5 Å². The summed E-state index contributed by atoms with van der Waals surface area (Å²) < 4.78 is 13.4. The lowest BCUT2D eigenvalue weighted by Crippen LogP contribution is -2.42. The highest BCUT2D eigenvalue weighted by atomic mass is 16.5. The van der Waals surface area contributed by atoms with E-state index in [1.54, 1.807) is 7.11 Å². The second-order valence-electron chi connectivity index (χ2n) is 8.94. The SMILES string of the molecule is COc1ccccc1O[C@@H]1C[C@@H]2CN(C(=O)CCc3c(C)nn(C)c3C)C[C@@H]2C[C@H]1O. The zero-order valence-corrected chi connectivity index (χ0v) is 18.9. The third-order valence-electron chi connectivity index (χ3n) is 7.03. The van der Waals surface area contributed by atoms with Gasteiger partial charge in [0.05, 0.1) is 18.9 Å². The second-order valence-corrected chi connectivity index (χ2v) is 8.94. The first-order chi connectivity index (χ1) is 14.9. The van der Waals surface area contributed by atoms with Crippen LogP contribution in [0, 0.1) is 25.7 Å². The first-order valence-corrected chi connectivity index (χ1v) is 11.1. The predicted octanol–water partition coefficient (Wildman–Crippen LogP) is 2.66. The zero-order valence-electron chi connectivity index (χ0n) is 18.9. The minimum Gasteiger partial charge on any atom is -0.493 e. The van der Waals surface area contributed by atoms with E-state index in [4.69, 9.17) is 9.47 Å². The van der Waals surface area contributed by atoms with Crippen LogP contribution in [0.1, 0.15) is 36.2 Å². The van der Waals surface area contributed by atoms with Crippen molar-refractivity contribution in [2.75, 3.05) is 20.2 Å². The van der Waals surface area contributed by atoms with Gasteiger partial charge in [-0.15, -0.1) is 0 Å². The molecule has 168 valence electrons. The highest BCUT2D eigenvalue weighted by Crippen LogP contribution is 2.39. The number of methoxy groups -OCH3 is 1. The maximum Gasteiger partial charge on any atom is 0.222 e. The number of benzene rings is 1. The summed E-state index contributed by atoms with van der Waals surface area (Å²) in [7, 11) is 3.55. The van der Waals surface area contributed by atoms with E-state index in [9.17, 15) is 9.90 Å². The van der Waals surface area contributed by atoms with Gasteiger partial charge in [0.1, 0.15) is 6.10 Å². The molecule has 4 atom stereocenters. The summed E-state index contributed by atoms with van der Waals surface area (Å²) in [5.74, 6) is 2.20. The number of aryl methyl sites for hydroxylation is 2. The molecule has 0 radical (unpaired) electrons. The minimum atomic E-state index is -0.540. The van der Waals surface area contributed by atoms with E-state index in [2.05, 4.69) is 5.10 Å². The number of carbonyl (C=O) groups is 1. The van der Waals surface area contributed by atoms with Gasteiger partial charge in [0, 0.05) is 32.3 Å². The number of amides is 1. The molecule has 1 aromatic heterocycles. The molecule has 7 heteroatoms. The van der Waals surface area contributed by atoms with E-state index in [0.717, 1.165) is 37.3 Å². The van der Waals surface area contributed by atoms with Gasteiger partial charge in [0.25, 0.3) is 0 Å². The van der Waals surface area contributed by atoms with Gasteiger partial charge in [-0.05, 0) is 62.6 Å². The Morgan fingerprint density at radius 1 is 1.16 bits per heavy atom. The number of nitrogens with zero attached hydrogens (tertiary/aromatic N) is 3. The Hall–Kier alpha value is -2.54. The highest BCUT2D eigenvalue weighted by Gasteiger charge is 2.44. The van der Waals surface area contributed by atoms with Crippen molar-refractivity contribution in [2.45, 2.75) is 51.7 Å². The summed E-state index contributed by atoms with van der Waals surface area (Å²) in [6.07, 6.45) is 1.80. The van der Waals surface area contributed by atoms with Crippen molar-refractivity contribution < 1.29 is 19.4 Å². The molecule has 1 saturated carbocycles. The van der Waals surface area contributed by atoms with Gasteiger partial charge in [-0.2, -0.15) is 5.10 Å². The minimum absolute atomic E-state index is 0.189. The van der Waals surface area contributed by atoms with Crippen LogP contribution in [0.4, 0.5) is 0 Å². The fourth-order valence-electron chi connectivity index (χ4n) is 5.17. The van der Waals surface area contributed by atoms with E-state index < -0.39 is 6.10 Å². The first-order valence-electron chi connectivity index (χ1n) is 11.1. The largest absolute Gasteiger partial charge is 0.493 e. The lowest BCUT2D eigenvalue weighted by molar-refractivity contribution is -0.130. The number of para-hydroxylation sites is 2. The topological polar surface area (TPSA) is 76.8 Å². The van der Waals surface area contributed by atoms with Gasteiger partial charge in [-0.1, -0.05) is 12.1 Å². The van der Waals surface area contributed by atoms with E-state index in [1.165, 1.54) is 5.56 Å². The van der Waals surface area contributed by atoms with Crippen LogP contribution in [-0.4, -0.2) is 58.1 Å². The molecule has 2 heterocycles. The summed E-state index contributed by atoms with van der Waals surface area (Å²) in [5.41, 5.74) is 3.30. The molecule has 31 heavy (non-hydrogen) atoms. The van der Waals surface area contributed by atoms with Gasteiger partial charge in [0.2, 0.25) is 5.91 Å². The Balaban J connectivity index is 1.35. The molecule has 4 rings (SSSR count). The maximum atomic E-state index is 12.9. The van der Waals surface area contributed by atoms with Crippen LogP contribution < -0.4 is 9.47 Å². The average molecular weight is 428 g/mol. The molecular weight excluding hydrogens is 394 g/mol. The molecule has 1 aromatic carbocycles. The standard InChI is InChI=1S/C24H33N3O4/c1-15-19(16(2)26(3)25-15)9-10-24(29)27-13-17-11-20(28)23(12-18(17)14-27)31-22-8-6-5-7-21(22)30-4/h5-8,17-18,20,23,28H,9-14H2,1-4H3/t17-,18+,20+,23+/m0/s1. The third kappa shape index (κ3) is 4.42. The fraction of sp³-hybridized carbons (Fsp3) is 0.583. The van der Waals surface area contributed by atoms with Crippen molar-refractivity contribution >= 4 is 5.91 Å². The molecule has 1 aliphatic carbocycles. The number of ether oxygens (including phenoxy) is 2. The second kappa shape index (κ2) is 8.91. The predicted molar refractivity (Wildman–Crippen MR) is 117 cm³/mol. The molecule has 0 spiro atoms. The monoisotopic (exact) mass is 427 g/mol. The van der Waals surface area contributed by atoms with Crippen LogP contribution in [0.15, 0.2) is 24.3 Å². The molecule has 2 aromatic rings. The van der Waals surface area contributed by atoms with Gasteiger partial charge in [0.15, 0.2) is 11.5 Å². The number of hydrogen-bond donors (Lipinski definition) is 1. The van der Waals surface area contributed by atoms with Crippen LogP contribution in [0.2, 0.25) is 0 Å². The first kappa shape index (κ1) is 21.7. The van der Waals surface area contributed by atoms with Gasteiger partial charge in [-0.25, -0.2) is 0 Å². The molecule has 1 N–H and O–H groups in total. The Labute approximate surface area is 184 Å². The molecule has 2 fully saturated rings. The molecule has 0 unspecified atom stereocenters. The van der Waals surface area contributed by atoms with Crippen molar-refractivity contribution in [3.05, 3.63) is 41.2 Å². The zero-order chi connectivity index (χ0) is 22.1. The molecule has 0 bridgehead atoms. The van der Waals surface area contributed by atoms with Gasteiger partial charge >= 0.3 is 0 Å². The van der Waals surface area contributed by atoms with E-state index in [-0.39, 0.29) is 12.0 Å². The molecular formula is C24H33N3O4. The summed E-state index contributed by atoms with van der Waals surface area (Å²) in [6.45, 7) is 5.52. The van der Waals surface area contributed by atoms with Crippen molar-refractivity contribution in [3.8, 4) is 11.5 Å². The Bertz CT molecular complexity index is 941. The molecule has 1 saturated heterocycles. The lowest BCUT2D eigenvalue weighted by atomic mass is 9.78. The summed E-state index contributed by atoms with van der Waals surface area (Å²) in [6, 6.07) is 7.52. The number of aromatic nitrogens is 2. The van der Waals surface area contributed by atoms with E-state index in [0.29, 0.717) is 36.2 Å². The van der Waals surface area contributed by atoms with Crippen molar-refractivity contribution in [3.63, 3.8) is 0 Å². The number of hydrogen-bond acceptors (Lipinski definition) is 5. The molecule has 1 amide bonds. The fourth-order valence-corrected chi connectivity index (χ4v) is 5.17. The summed E-state index contributed by atoms with van der Waals surface area (Å²) in [4.78, 5) is 14.9. The summed E-state index contributed by atoms with van der Waals surface area (Å²) >= 11 is 0. The molecule has 7 nitrogen and oxygen atoms in total. The lowest BCUT2D eigenvalue weighted by Gasteiger charge is -2.35. The van der Waals surface area contributed by atoms with Crippen LogP contribution in [0.3, 0.4) is 0 Å². The smallest absolute Gasteiger partial charge is 0.222 e. The highest BCUT2D eigenvalue weighted by molar-refractivity contribution is 5.77. The summed E-state index contributed by atoms with van der Waals surface area (Å²) in [5, 5.41) is 15.2. The quantitative estimate of drug-likeness (QED) is 0.767. The van der Waals surface area contributed by atoms with E-state index in [1.807, 2.05) is 54.7 Å². The number of fused-ring (bicyclic) bond motifs is 1. The van der Waals surface area contributed by atoms with Crippen molar-refractivity contribution in [1.82, 2.24) is 14.7 Å². The number of aliphatic hydroxyl groups is 1. The van der Waals surface area contributed by atoms with E-state index >= 15 is 0 Å². The van der Waals surface area contributed by atoms with Crippen LogP contribution in [0.25, 0.3) is 0 Å². The third-order valence-corrected chi connectivity index (χ3v) is 7.03. The Morgan fingerprint density at radius 3 is 2.48 bits per heavy atom. The number of rotatable bonds is 6. The number of aliphatic hydroxyl groups excluding tert-OH is 1. The Morgan fingerprint density at radius 2 is 1.84 bits per heavy atom. The van der Waals surface area contributed by atoms with Crippen molar-refractivity contribution in [1.29, 1.82) is 0 Å². The maximum absolute atomic E-state index is 12.9. The molecule has 2 aliphatic rings. The Kier molecular flexibility index (Phi) is 6.23. The van der Waals surface area contributed by atoms with Crippen LogP contribution in [-0.2, 0) is 18.3 Å². The van der Waals surface area contributed by atoms with Gasteiger partial charge in [-0.3, -0.25) is 9.48 Å². The van der Waals surface area contributed by atoms with Crippen molar-refractivity contribution in [2.24, 2.45) is 18.9 Å². The average Bonchev–Trinajstić information content (AvgIpc) is 3.27. The number of carbonyl (C=O) groups excluding carboxylic acids is 1. The van der Waals surface area contributed by atoms with Crippen LogP contribution >= 0.6 is 0 Å². The molecule has 1 aliphatic heterocycles. The number of likely N-dealkylation sites (tertiary alicyclic amines) is 1. The van der Waals surface area contributed by atoms with Gasteiger partial charge < -0.3 is 19.5 Å². The normalized spacial score (nSPS) is 25.4.